The minimum Gasteiger partial charge on any atom is -0.379 e. The van der Waals surface area contributed by atoms with Gasteiger partial charge < -0.3 is 25.3 Å². The summed E-state index contributed by atoms with van der Waals surface area (Å²) >= 11 is 0. The number of nitrogens with zero attached hydrogens (tertiary/aromatic N) is 2. The normalized spacial score (nSPS) is 19.1. The number of carbonyl (C=O) groups is 1. The van der Waals surface area contributed by atoms with Gasteiger partial charge in [0, 0.05) is 73.9 Å². The third-order valence-corrected chi connectivity index (χ3v) is 9.54. The standard InChI is InChI=1S/C37H51N5O3/c1-24(2)39-31-11-13-32(14-12-31)41(6)35-21-30(29-9-7-28(8-10-29)23-42-15-17-45-18-16-42)20-33(27(35)5)36(43)38-22-34-25(3)19-26(4)40-37(34)44/h7-10,19-21,24,31-32,39H,11-18,22-23H2,1-6H3,(H,38,43)(H,40,44). The molecule has 0 bridgehead atoms. The molecular formula is C37H51N5O3. The van der Waals surface area contributed by atoms with Gasteiger partial charge in [0.15, 0.2) is 0 Å². The summed E-state index contributed by atoms with van der Waals surface area (Å²) in [6.07, 6.45) is 4.51. The van der Waals surface area contributed by atoms with Crippen LogP contribution in [0.5, 0.6) is 0 Å². The van der Waals surface area contributed by atoms with Crippen molar-refractivity contribution >= 4 is 11.6 Å². The molecule has 2 aromatic carbocycles. The monoisotopic (exact) mass is 613 g/mol. The van der Waals surface area contributed by atoms with Crippen molar-refractivity contribution in [3.05, 3.63) is 86.3 Å². The van der Waals surface area contributed by atoms with Crippen LogP contribution in [0.3, 0.4) is 0 Å². The SMILES string of the molecule is Cc1cc(C)c(CNC(=O)c2cc(-c3ccc(CN4CCOCC4)cc3)cc(N(C)C3CCC(NC(C)C)CC3)c2C)c(=O)[nH]1. The number of pyridine rings is 1. The van der Waals surface area contributed by atoms with Crippen LogP contribution in [0.4, 0.5) is 5.69 Å². The van der Waals surface area contributed by atoms with Crippen LogP contribution in [-0.2, 0) is 17.8 Å². The number of hydrogen-bond donors (Lipinski definition) is 3. The number of aromatic amines is 1. The zero-order valence-electron chi connectivity index (χ0n) is 28.0. The van der Waals surface area contributed by atoms with E-state index in [4.69, 9.17) is 4.74 Å². The van der Waals surface area contributed by atoms with Crippen molar-refractivity contribution < 1.29 is 9.53 Å². The number of hydrogen-bond acceptors (Lipinski definition) is 6. The van der Waals surface area contributed by atoms with Gasteiger partial charge in [-0.2, -0.15) is 0 Å². The van der Waals surface area contributed by atoms with Gasteiger partial charge in [0.1, 0.15) is 0 Å². The van der Waals surface area contributed by atoms with E-state index in [2.05, 4.69) is 76.6 Å². The number of amides is 1. The highest BCUT2D eigenvalue weighted by Crippen LogP contribution is 2.34. The molecule has 0 radical (unpaired) electrons. The van der Waals surface area contributed by atoms with Crippen molar-refractivity contribution in [3.63, 3.8) is 0 Å². The van der Waals surface area contributed by atoms with Crippen LogP contribution in [0.2, 0.25) is 0 Å². The zero-order valence-corrected chi connectivity index (χ0v) is 28.0. The van der Waals surface area contributed by atoms with Crippen LogP contribution in [0.25, 0.3) is 11.1 Å². The predicted molar refractivity (Wildman–Crippen MR) is 183 cm³/mol. The molecule has 2 fully saturated rings. The molecule has 1 amide bonds. The van der Waals surface area contributed by atoms with Gasteiger partial charge >= 0.3 is 0 Å². The summed E-state index contributed by atoms with van der Waals surface area (Å²) < 4.78 is 5.51. The molecule has 0 atom stereocenters. The Hall–Kier alpha value is -3.46. The van der Waals surface area contributed by atoms with E-state index in [0.717, 1.165) is 92.2 Å². The Morgan fingerprint density at radius 2 is 1.69 bits per heavy atom. The van der Waals surface area contributed by atoms with Crippen molar-refractivity contribution in [1.29, 1.82) is 0 Å². The second-order valence-corrected chi connectivity index (χ2v) is 13.3. The summed E-state index contributed by atoms with van der Waals surface area (Å²) in [5.74, 6) is -0.169. The molecule has 2 heterocycles. The second kappa shape index (κ2) is 14.8. The summed E-state index contributed by atoms with van der Waals surface area (Å²) in [6.45, 7) is 14.8. The van der Waals surface area contributed by atoms with Crippen LogP contribution in [0.15, 0.2) is 47.3 Å². The van der Waals surface area contributed by atoms with E-state index in [-0.39, 0.29) is 18.0 Å². The highest BCUT2D eigenvalue weighted by molar-refractivity contribution is 5.99. The maximum atomic E-state index is 13.8. The number of aryl methyl sites for hydroxylation is 2. The summed E-state index contributed by atoms with van der Waals surface area (Å²) in [7, 11) is 2.18. The van der Waals surface area contributed by atoms with Gasteiger partial charge in [0.25, 0.3) is 11.5 Å². The summed E-state index contributed by atoms with van der Waals surface area (Å²) in [6, 6.07) is 16.4. The molecule has 1 saturated heterocycles. The van der Waals surface area contributed by atoms with Gasteiger partial charge in [-0.3, -0.25) is 14.5 Å². The molecule has 1 aromatic heterocycles. The van der Waals surface area contributed by atoms with Gasteiger partial charge in [-0.1, -0.05) is 38.1 Å². The summed E-state index contributed by atoms with van der Waals surface area (Å²) in [4.78, 5) is 34.1. The maximum absolute atomic E-state index is 13.8. The number of rotatable bonds is 10. The van der Waals surface area contributed by atoms with E-state index in [9.17, 15) is 9.59 Å². The van der Waals surface area contributed by atoms with E-state index < -0.39 is 0 Å². The topological polar surface area (TPSA) is 89.7 Å². The fourth-order valence-electron chi connectivity index (χ4n) is 6.95. The Bertz CT molecular complexity index is 1520. The number of anilines is 1. The Balaban J connectivity index is 1.42. The first-order chi connectivity index (χ1) is 21.6. The van der Waals surface area contributed by atoms with Crippen LogP contribution in [-0.4, -0.2) is 67.3 Å². The highest BCUT2D eigenvalue weighted by atomic mass is 16.5. The Morgan fingerprint density at radius 3 is 2.33 bits per heavy atom. The molecule has 3 N–H and O–H groups in total. The minimum atomic E-state index is -0.169. The van der Waals surface area contributed by atoms with Crippen molar-refractivity contribution in [1.82, 2.24) is 20.5 Å². The molecule has 2 aliphatic rings. The lowest BCUT2D eigenvalue weighted by Gasteiger charge is -2.38. The summed E-state index contributed by atoms with van der Waals surface area (Å²) in [5.41, 5.74) is 8.18. The molecule has 0 unspecified atom stereocenters. The molecule has 8 heteroatoms. The maximum Gasteiger partial charge on any atom is 0.253 e. The molecule has 8 nitrogen and oxygen atoms in total. The smallest absolute Gasteiger partial charge is 0.253 e. The first-order valence-electron chi connectivity index (χ1n) is 16.6. The van der Waals surface area contributed by atoms with E-state index in [0.29, 0.717) is 29.3 Å². The molecule has 1 aliphatic carbocycles. The third kappa shape index (κ3) is 8.23. The van der Waals surface area contributed by atoms with E-state index in [1.807, 2.05) is 32.9 Å². The van der Waals surface area contributed by atoms with E-state index in [1.165, 1.54) is 5.56 Å². The van der Waals surface area contributed by atoms with Gasteiger partial charge in [0.05, 0.1) is 13.2 Å². The van der Waals surface area contributed by atoms with Gasteiger partial charge in [-0.05, 0) is 92.5 Å². The number of nitrogens with one attached hydrogen (secondary N) is 3. The number of carbonyl (C=O) groups excluding carboxylic acids is 1. The second-order valence-electron chi connectivity index (χ2n) is 13.3. The number of benzene rings is 2. The number of H-pyrrole nitrogens is 1. The molecule has 3 aromatic rings. The minimum absolute atomic E-state index is 0.154. The van der Waals surface area contributed by atoms with Gasteiger partial charge in [-0.15, -0.1) is 0 Å². The van der Waals surface area contributed by atoms with Crippen LogP contribution in [0, 0.1) is 20.8 Å². The van der Waals surface area contributed by atoms with Crippen molar-refractivity contribution in [2.45, 2.75) is 91.5 Å². The average molecular weight is 614 g/mol. The lowest BCUT2D eigenvalue weighted by molar-refractivity contribution is 0.0342. The first-order valence-corrected chi connectivity index (χ1v) is 16.6. The number of ether oxygens (including phenoxy) is 1. The van der Waals surface area contributed by atoms with Gasteiger partial charge in [0.2, 0.25) is 0 Å². The van der Waals surface area contributed by atoms with Crippen LogP contribution in [0.1, 0.15) is 77.8 Å². The Kier molecular flexibility index (Phi) is 10.8. The first kappa shape index (κ1) is 32.9. The Morgan fingerprint density at radius 1 is 1.00 bits per heavy atom. The van der Waals surface area contributed by atoms with Crippen LogP contribution >= 0.6 is 0 Å². The van der Waals surface area contributed by atoms with Crippen LogP contribution < -0.4 is 21.1 Å². The average Bonchev–Trinajstić information content (AvgIpc) is 3.01. The molecule has 242 valence electrons. The van der Waals surface area contributed by atoms with Crippen molar-refractivity contribution in [2.24, 2.45) is 0 Å². The highest BCUT2D eigenvalue weighted by Gasteiger charge is 2.27. The molecule has 0 spiro atoms. The molecular weight excluding hydrogens is 562 g/mol. The zero-order chi connectivity index (χ0) is 32.1. The fourth-order valence-corrected chi connectivity index (χ4v) is 6.95. The quantitative estimate of drug-likeness (QED) is 0.281. The van der Waals surface area contributed by atoms with Gasteiger partial charge in [-0.25, -0.2) is 0 Å². The third-order valence-electron chi connectivity index (χ3n) is 9.54. The van der Waals surface area contributed by atoms with E-state index >= 15 is 0 Å². The van der Waals surface area contributed by atoms with Crippen molar-refractivity contribution in [2.75, 3.05) is 38.3 Å². The lowest BCUT2D eigenvalue weighted by atomic mass is 9.88. The molecule has 45 heavy (non-hydrogen) atoms. The summed E-state index contributed by atoms with van der Waals surface area (Å²) in [5, 5.41) is 6.77. The molecule has 1 saturated carbocycles. The largest absolute Gasteiger partial charge is 0.379 e. The fraction of sp³-hybridized carbons (Fsp3) is 0.514. The molecule has 5 rings (SSSR count). The predicted octanol–water partition coefficient (Wildman–Crippen LogP) is 5.47. The van der Waals surface area contributed by atoms with Crippen molar-refractivity contribution in [3.8, 4) is 11.1 Å². The lowest BCUT2D eigenvalue weighted by Crippen LogP contribution is -2.43. The van der Waals surface area contributed by atoms with E-state index in [1.54, 1.807) is 0 Å². The number of morpholine rings is 1. The number of aromatic nitrogens is 1. The molecule has 1 aliphatic heterocycles. The Labute approximate surface area is 268 Å².